The van der Waals surface area contributed by atoms with Gasteiger partial charge in [0.25, 0.3) is 0 Å². The fourth-order valence-electron chi connectivity index (χ4n) is 2.41. The molecule has 0 fully saturated rings. The first-order valence-corrected chi connectivity index (χ1v) is 8.66. The molecule has 1 aromatic carbocycles. The van der Waals surface area contributed by atoms with E-state index in [9.17, 15) is 14.7 Å². The molecule has 0 aliphatic heterocycles. The Morgan fingerprint density at radius 2 is 1.88 bits per heavy atom. The molecule has 1 N–H and O–H groups in total. The molecule has 2 atom stereocenters. The maximum absolute atomic E-state index is 11.6. The molecule has 142 valence electrons. The second-order valence-electron chi connectivity index (χ2n) is 6.21. The van der Waals surface area contributed by atoms with E-state index in [2.05, 4.69) is 5.16 Å². The third kappa shape index (κ3) is 7.61. The lowest BCUT2D eigenvalue weighted by Crippen LogP contribution is -2.33. The topological polar surface area (TPSA) is 85.2 Å². The zero-order valence-corrected chi connectivity index (χ0v) is 15.7. The summed E-state index contributed by atoms with van der Waals surface area (Å²) in [6, 6.07) is 9.45. The molecule has 0 aromatic heterocycles. The first-order valence-electron chi connectivity index (χ1n) is 8.66. The second-order valence-corrected chi connectivity index (χ2v) is 6.21. The molecule has 0 amide bonds. The van der Waals surface area contributed by atoms with Crippen molar-refractivity contribution < 1.29 is 24.3 Å². The number of esters is 1. The molecule has 0 unspecified atom stereocenters. The molecule has 1 aromatic rings. The van der Waals surface area contributed by atoms with Gasteiger partial charge in [-0.2, -0.15) is 0 Å². The van der Waals surface area contributed by atoms with Crippen molar-refractivity contribution in [2.24, 2.45) is 17.0 Å². The van der Waals surface area contributed by atoms with Crippen molar-refractivity contribution in [2.45, 2.75) is 40.2 Å². The summed E-state index contributed by atoms with van der Waals surface area (Å²) in [6.07, 6.45) is 2.23. The zero-order chi connectivity index (χ0) is 19.5. The first kappa shape index (κ1) is 21.6. The Labute approximate surface area is 154 Å². The molecule has 0 saturated carbocycles. The fourth-order valence-corrected chi connectivity index (χ4v) is 2.41. The number of hydrogen-bond donors (Lipinski definition) is 1. The second kappa shape index (κ2) is 11.2. The Morgan fingerprint density at radius 3 is 2.42 bits per heavy atom. The number of nitrogens with zero attached hydrogens (tertiary/aromatic N) is 1. The minimum atomic E-state index is -1.01. The maximum atomic E-state index is 11.6. The Kier molecular flexibility index (Phi) is 9.30. The normalized spacial score (nSPS) is 14.3. The minimum Gasteiger partial charge on any atom is -0.463 e. The van der Waals surface area contributed by atoms with Crippen LogP contribution in [-0.2, 0) is 25.6 Å². The van der Waals surface area contributed by atoms with E-state index in [0.717, 1.165) is 5.56 Å². The molecular weight excluding hydrogens is 334 g/mol. The largest absolute Gasteiger partial charge is 0.463 e. The summed E-state index contributed by atoms with van der Waals surface area (Å²) in [4.78, 5) is 27.5. The predicted molar refractivity (Wildman–Crippen MR) is 99.5 cm³/mol. The summed E-state index contributed by atoms with van der Waals surface area (Å²) < 4.78 is 4.88. The molecule has 26 heavy (non-hydrogen) atoms. The van der Waals surface area contributed by atoms with E-state index in [1.165, 1.54) is 13.0 Å². The molecule has 0 saturated heterocycles. The van der Waals surface area contributed by atoms with E-state index in [1.807, 2.05) is 44.2 Å². The predicted octanol–water partition coefficient (Wildman–Crippen LogP) is 2.90. The Hall–Kier alpha value is -2.47. The van der Waals surface area contributed by atoms with Crippen LogP contribution in [0.5, 0.6) is 0 Å². The number of carbonyl (C=O) groups is 2. The van der Waals surface area contributed by atoms with Gasteiger partial charge in [0, 0.05) is 25.3 Å². The highest BCUT2D eigenvalue weighted by atomic mass is 16.7. The average Bonchev–Trinajstić information content (AvgIpc) is 2.59. The van der Waals surface area contributed by atoms with Gasteiger partial charge in [-0.1, -0.05) is 55.4 Å². The maximum Gasteiger partial charge on any atom is 0.331 e. The molecule has 0 aliphatic carbocycles. The molecule has 0 heterocycles. The summed E-state index contributed by atoms with van der Waals surface area (Å²) in [5.74, 6) is -1.40. The number of aliphatic hydroxyl groups excluding tert-OH is 1. The highest BCUT2D eigenvalue weighted by Crippen LogP contribution is 2.20. The van der Waals surface area contributed by atoms with Gasteiger partial charge >= 0.3 is 11.9 Å². The van der Waals surface area contributed by atoms with E-state index in [4.69, 9.17) is 9.57 Å². The van der Waals surface area contributed by atoms with Gasteiger partial charge in [-0.3, -0.25) is 0 Å². The summed E-state index contributed by atoms with van der Waals surface area (Å²) in [5, 5.41) is 14.7. The number of aliphatic hydroxyl groups is 1. The zero-order valence-electron chi connectivity index (χ0n) is 15.7. The van der Waals surface area contributed by atoms with Gasteiger partial charge < -0.3 is 14.7 Å². The monoisotopic (exact) mass is 361 g/mol. The van der Waals surface area contributed by atoms with Crippen molar-refractivity contribution in [3.63, 3.8) is 0 Å². The van der Waals surface area contributed by atoms with Crippen LogP contribution in [0.2, 0.25) is 0 Å². The van der Waals surface area contributed by atoms with Crippen LogP contribution in [0, 0.1) is 11.8 Å². The van der Waals surface area contributed by atoms with Crippen molar-refractivity contribution in [3.8, 4) is 0 Å². The molecule has 6 heteroatoms. The minimum absolute atomic E-state index is 0.0222. The first-order chi connectivity index (χ1) is 12.3. The van der Waals surface area contributed by atoms with Crippen molar-refractivity contribution >= 4 is 17.7 Å². The Bertz CT molecular complexity index is 637. The number of hydrogen-bond acceptors (Lipinski definition) is 6. The van der Waals surface area contributed by atoms with Gasteiger partial charge in [-0.05, 0) is 18.4 Å². The van der Waals surface area contributed by atoms with Crippen LogP contribution in [0.25, 0.3) is 0 Å². The molecule has 0 radical (unpaired) electrons. The lowest BCUT2D eigenvalue weighted by Gasteiger charge is -2.24. The highest BCUT2D eigenvalue weighted by Gasteiger charge is 2.26. The van der Waals surface area contributed by atoms with E-state index >= 15 is 0 Å². The molecule has 0 spiro atoms. The number of carbonyl (C=O) groups excluding carboxylic acids is 2. The van der Waals surface area contributed by atoms with Crippen molar-refractivity contribution in [1.29, 1.82) is 0 Å². The summed E-state index contributed by atoms with van der Waals surface area (Å²) >= 11 is 0. The average molecular weight is 361 g/mol. The Balaban J connectivity index is 3.05. The molecule has 0 bridgehead atoms. The lowest BCUT2D eigenvalue weighted by atomic mass is 9.86. The molecular formula is C20H27NO5. The van der Waals surface area contributed by atoms with Gasteiger partial charge in [0.15, 0.2) is 0 Å². The number of ether oxygens (including phenoxy) is 1. The smallest absolute Gasteiger partial charge is 0.331 e. The van der Waals surface area contributed by atoms with Gasteiger partial charge in [0.1, 0.15) is 6.10 Å². The van der Waals surface area contributed by atoms with Crippen LogP contribution in [0.15, 0.2) is 47.6 Å². The van der Waals surface area contributed by atoms with Gasteiger partial charge in [0.05, 0.1) is 12.3 Å². The third-order valence-corrected chi connectivity index (χ3v) is 3.74. The summed E-state index contributed by atoms with van der Waals surface area (Å²) in [7, 11) is 0. The Morgan fingerprint density at radius 1 is 1.23 bits per heavy atom. The van der Waals surface area contributed by atoms with E-state index in [0.29, 0.717) is 12.1 Å². The van der Waals surface area contributed by atoms with Crippen LogP contribution in [0.4, 0.5) is 0 Å². The number of benzene rings is 1. The molecule has 6 nitrogen and oxygen atoms in total. The quantitative estimate of drug-likeness (QED) is 0.240. The molecule has 0 aliphatic rings. The van der Waals surface area contributed by atoms with Crippen molar-refractivity contribution in [2.75, 3.05) is 6.61 Å². The molecule has 1 rings (SSSR count). The van der Waals surface area contributed by atoms with Crippen LogP contribution in [-0.4, -0.2) is 35.5 Å². The van der Waals surface area contributed by atoms with E-state index in [-0.39, 0.29) is 12.5 Å². The van der Waals surface area contributed by atoms with Gasteiger partial charge in [-0.25, -0.2) is 9.59 Å². The van der Waals surface area contributed by atoms with Gasteiger partial charge in [-0.15, -0.1) is 0 Å². The van der Waals surface area contributed by atoms with E-state index < -0.39 is 24.0 Å². The van der Waals surface area contributed by atoms with Crippen LogP contribution in [0.1, 0.15) is 33.3 Å². The van der Waals surface area contributed by atoms with Crippen LogP contribution >= 0.6 is 0 Å². The van der Waals surface area contributed by atoms with Crippen LogP contribution in [0.3, 0.4) is 0 Å². The summed E-state index contributed by atoms with van der Waals surface area (Å²) in [6.45, 7) is 7.11. The number of oxime groups is 1. The third-order valence-electron chi connectivity index (χ3n) is 3.74. The number of rotatable bonds is 9. The highest BCUT2D eigenvalue weighted by molar-refractivity contribution is 5.91. The van der Waals surface area contributed by atoms with Crippen molar-refractivity contribution in [3.05, 3.63) is 48.0 Å². The van der Waals surface area contributed by atoms with Gasteiger partial charge in [0.2, 0.25) is 0 Å². The lowest BCUT2D eigenvalue weighted by molar-refractivity contribution is -0.141. The van der Waals surface area contributed by atoms with E-state index in [1.54, 1.807) is 13.0 Å². The van der Waals surface area contributed by atoms with Crippen molar-refractivity contribution in [1.82, 2.24) is 0 Å². The summed E-state index contributed by atoms with van der Waals surface area (Å²) in [5.41, 5.74) is 1.24. The SMILES string of the molecule is CCOC(=O)/C=C/[C@@H](C(C)C)[C@@H](O)/C(Cc1ccccc1)=N/OC(C)=O. The van der Waals surface area contributed by atoms with Crippen LogP contribution < -0.4 is 0 Å². The standard InChI is InChI=1S/C20H27NO5/c1-5-25-19(23)12-11-17(14(2)3)20(24)18(21-26-15(4)22)13-16-9-7-6-8-10-16/h6-12,14,17,20,24H,5,13H2,1-4H3/b12-11+,21-18+/t17-,20+/m0/s1. The fraction of sp³-hybridized carbons (Fsp3) is 0.450.